The third kappa shape index (κ3) is 1.85. The summed E-state index contributed by atoms with van der Waals surface area (Å²) in [4.78, 5) is 0. The zero-order valence-corrected chi connectivity index (χ0v) is 8.54. The van der Waals surface area contributed by atoms with Crippen LogP contribution in [0.1, 0.15) is 11.1 Å². The Kier molecular flexibility index (Phi) is 3.24. The predicted molar refractivity (Wildman–Crippen MR) is 52.3 cm³/mol. The lowest BCUT2D eigenvalue weighted by atomic mass is 10.1. The number of methoxy groups -OCH3 is 1. The highest BCUT2D eigenvalue weighted by molar-refractivity contribution is 6.31. The van der Waals surface area contributed by atoms with Crippen molar-refractivity contribution in [3.05, 3.63) is 28.3 Å². The number of alkyl halides is 1. The summed E-state index contributed by atoms with van der Waals surface area (Å²) in [6, 6.07) is 3.72. The molecule has 0 aromatic heterocycles. The van der Waals surface area contributed by atoms with Gasteiger partial charge in [-0.05, 0) is 24.6 Å². The number of aryl methyl sites for hydroxylation is 1. The summed E-state index contributed by atoms with van der Waals surface area (Å²) in [5.41, 5.74) is 1.99. The first-order chi connectivity index (χ1) is 5.69. The number of hydrogen-bond donors (Lipinski definition) is 0. The number of benzene rings is 1. The largest absolute Gasteiger partial charge is 0.496 e. The van der Waals surface area contributed by atoms with Crippen LogP contribution in [0.5, 0.6) is 5.75 Å². The minimum atomic E-state index is 0.446. The van der Waals surface area contributed by atoms with Gasteiger partial charge in [-0.2, -0.15) is 0 Å². The Morgan fingerprint density at radius 3 is 2.58 bits per heavy atom. The second-order valence-electron chi connectivity index (χ2n) is 2.55. The molecule has 0 unspecified atom stereocenters. The van der Waals surface area contributed by atoms with E-state index in [-0.39, 0.29) is 0 Å². The zero-order chi connectivity index (χ0) is 9.14. The Bertz CT molecular complexity index is 255. The SMILES string of the molecule is COc1cc(Cl)c(C)cc1CCl. The Hall–Kier alpha value is -0.400. The van der Waals surface area contributed by atoms with E-state index in [1.54, 1.807) is 13.2 Å². The minimum absolute atomic E-state index is 0.446. The van der Waals surface area contributed by atoms with E-state index in [9.17, 15) is 0 Å². The minimum Gasteiger partial charge on any atom is -0.496 e. The number of rotatable bonds is 2. The molecule has 0 bridgehead atoms. The lowest BCUT2D eigenvalue weighted by Gasteiger charge is -2.07. The van der Waals surface area contributed by atoms with Crippen LogP contribution >= 0.6 is 23.2 Å². The third-order valence-corrected chi connectivity index (χ3v) is 2.40. The molecule has 0 aliphatic heterocycles. The standard InChI is InChI=1S/C9H10Cl2O/c1-6-3-7(5-10)9(12-2)4-8(6)11/h3-4H,5H2,1-2H3. The average Bonchev–Trinajstić information content (AvgIpc) is 2.09. The molecule has 0 spiro atoms. The van der Waals surface area contributed by atoms with Crippen molar-refractivity contribution < 1.29 is 4.74 Å². The van der Waals surface area contributed by atoms with Crippen molar-refractivity contribution in [3.8, 4) is 5.75 Å². The summed E-state index contributed by atoms with van der Waals surface area (Å²) >= 11 is 11.6. The van der Waals surface area contributed by atoms with Gasteiger partial charge in [0.25, 0.3) is 0 Å². The molecule has 0 amide bonds. The van der Waals surface area contributed by atoms with Gasteiger partial charge in [-0.1, -0.05) is 11.6 Å². The van der Waals surface area contributed by atoms with Gasteiger partial charge in [-0.15, -0.1) is 11.6 Å². The topological polar surface area (TPSA) is 9.23 Å². The lowest BCUT2D eigenvalue weighted by molar-refractivity contribution is 0.411. The van der Waals surface area contributed by atoms with Gasteiger partial charge in [0.2, 0.25) is 0 Å². The first-order valence-corrected chi connectivity index (χ1v) is 4.49. The summed E-state index contributed by atoms with van der Waals surface area (Å²) in [6.07, 6.45) is 0. The normalized spacial score (nSPS) is 10.0. The van der Waals surface area contributed by atoms with Crippen LogP contribution in [0.4, 0.5) is 0 Å². The van der Waals surface area contributed by atoms with E-state index in [4.69, 9.17) is 27.9 Å². The predicted octanol–water partition coefficient (Wildman–Crippen LogP) is 3.40. The molecule has 0 saturated carbocycles. The third-order valence-electron chi connectivity index (χ3n) is 1.71. The van der Waals surface area contributed by atoms with Crippen LogP contribution in [-0.4, -0.2) is 7.11 Å². The Morgan fingerprint density at radius 1 is 1.42 bits per heavy atom. The molecule has 0 aliphatic rings. The van der Waals surface area contributed by atoms with Gasteiger partial charge in [-0.3, -0.25) is 0 Å². The van der Waals surface area contributed by atoms with Gasteiger partial charge in [0.15, 0.2) is 0 Å². The van der Waals surface area contributed by atoms with E-state index in [1.807, 2.05) is 13.0 Å². The highest BCUT2D eigenvalue weighted by Crippen LogP contribution is 2.27. The number of halogens is 2. The fourth-order valence-electron chi connectivity index (χ4n) is 1.02. The van der Waals surface area contributed by atoms with E-state index >= 15 is 0 Å². The van der Waals surface area contributed by atoms with Gasteiger partial charge < -0.3 is 4.74 Å². The fourth-order valence-corrected chi connectivity index (χ4v) is 1.38. The van der Waals surface area contributed by atoms with Crippen LogP contribution in [-0.2, 0) is 5.88 Å². The maximum Gasteiger partial charge on any atom is 0.124 e. The molecule has 0 saturated heterocycles. The van der Waals surface area contributed by atoms with Crippen LogP contribution in [0.25, 0.3) is 0 Å². The molecular formula is C9H10Cl2O. The van der Waals surface area contributed by atoms with Crippen molar-refractivity contribution in [2.24, 2.45) is 0 Å². The van der Waals surface area contributed by atoms with Crippen molar-refractivity contribution in [2.75, 3.05) is 7.11 Å². The summed E-state index contributed by atoms with van der Waals surface area (Å²) in [6.45, 7) is 1.94. The van der Waals surface area contributed by atoms with Crippen molar-refractivity contribution in [2.45, 2.75) is 12.8 Å². The lowest BCUT2D eigenvalue weighted by Crippen LogP contribution is -1.90. The second-order valence-corrected chi connectivity index (χ2v) is 3.22. The van der Waals surface area contributed by atoms with E-state index < -0.39 is 0 Å². The van der Waals surface area contributed by atoms with Crippen LogP contribution in [0.3, 0.4) is 0 Å². The maximum atomic E-state index is 5.90. The first kappa shape index (κ1) is 9.69. The summed E-state index contributed by atoms with van der Waals surface area (Å²) in [7, 11) is 1.61. The van der Waals surface area contributed by atoms with Gasteiger partial charge in [0.1, 0.15) is 5.75 Å². The molecule has 0 fully saturated rings. The highest BCUT2D eigenvalue weighted by Gasteiger charge is 2.04. The molecule has 66 valence electrons. The molecule has 1 rings (SSSR count). The summed E-state index contributed by atoms with van der Waals surface area (Å²) in [5.74, 6) is 1.20. The molecule has 1 aromatic carbocycles. The maximum absolute atomic E-state index is 5.90. The molecule has 1 nitrogen and oxygen atoms in total. The number of ether oxygens (including phenoxy) is 1. The Morgan fingerprint density at radius 2 is 2.08 bits per heavy atom. The molecule has 3 heteroatoms. The average molecular weight is 205 g/mol. The Balaban J connectivity index is 3.19. The van der Waals surface area contributed by atoms with E-state index in [1.165, 1.54) is 0 Å². The van der Waals surface area contributed by atoms with Crippen molar-refractivity contribution in [1.82, 2.24) is 0 Å². The van der Waals surface area contributed by atoms with Crippen molar-refractivity contribution in [1.29, 1.82) is 0 Å². The van der Waals surface area contributed by atoms with E-state index in [0.717, 1.165) is 16.9 Å². The smallest absolute Gasteiger partial charge is 0.124 e. The zero-order valence-electron chi connectivity index (χ0n) is 7.03. The van der Waals surface area contributed by atoms with Gasteiger partial charge >= 0.3 is 0 Å². The molecule has 0 atom stereocenters. The molecule has 0 heterocycles. The quantitative estimate of drug-likeness (QED) is 0.672. The number of hydrogen-bond acceptors (Lipinski definition) is 1. The summed E-state index contributed by atoms with van der Waals surface area (Å²) in [5, 5.41) is 0.709. The van der Waals surface area contributed by atoms with Gasteiger partial charge in [0, 0.05) is 10.6 Å². The van der Waals surface area contributed by atoms with Gasteiger partial charge in [-0.25, -0.2) is 0 Å². The molecular weight excluding hydrogens is 195 g/mol. The fraction of sp³-hybridized carbons (Fsp3) is 0.333. The second kappa shape index (κ2) is 4.01. The molecule has 12 heavy (non-hydrogen) atoms. The van der Waals surface area contributed by atoms with E-state index in [2.05, 4.69) is 0 Å². The van der Waals surface area contributed by atoms with Crippen LogP contribution in [0.15, 0.2) is 12.1 Å². The first-order valence-electron chi connectivity index (χ1n) is 3.58. The molecule has 0 N–H and O–H groups in total. The molecule has 0 aliphatic carbocycles. The van der Waals surface area contributed by atoms with Crippen LogP contribution in [0, 0.1) is 6.92 Å². The van der Waals surface area contributed by atoms with Crippen molar-refractivity contribution >= 4 is 23.2 Å². The van der Waals surface area contributed by atoms with E-state index in [0.29, 0.717) is 10.9 Å². The van der Waals surface area contributed by atoms with Crippen LogP contribution < -0.4 is 4.74 Å². The monoisotopic (exact) mass is 204 g/mol. The van der Waals surface area contributed by atoms with Gasteiger partial charge in [0.05, 0.1) is 13.0 Å². The molecule has 0 radical (unpaired) electrons. The highest BCUT2D eigenvalue weighted by atomic mass is 35.5. The summed E-state index contributed by atoms with van der Waals surface area (Å²) < 4.78 is 5.10. The van der Waals surface area contributed by atoms with Crippen LogP contribution in [0.2, 0.25) is 5.02 Å². The molecule has 1 aromatic rings. The van der Waals surface area contributed by atoms with Crippen molar-refractivity contribution in [3.63, 3.8) is 0 Å². The Labute approximate surface area is 82.2 Å².